The number of hydrogen-bond donors (Lipinski definition) is 2. The highest BCUT2D eigenvalue weighted by Crippen LogP contribution is 2.24. The van der Waals surface area contributed by atoms with Crippen LogP contribution < -0.4 is 5.32 Å². The Morgan fingerprint density at radius 3 is 2.85 bits per heavy atom. The molecule has 0 bridgehead atoms. The van der Waals surface area contributed by atoms with Crippen LogP contribution in [0.3, 0.4) is 0 Å². The van der Waals surface area contributed by atoms with Crippen molar-refractivity contribution in [3.63, 3.8) is 0 Å². The zero-order valence-electron chi connectivity index (χ0n) is 10.5. The molecule has 2 N–H and O–H groups in total. The fourth-order valence-corrected chi connectivity index (χ4v) is 4.31. The smallest absolute Gasteiger partial charge is 0.267 e. The Morgan fingerprint density at radius 1 is 1.40 bits per heavy atom. The van der Waals surface area contributed by atoms with E-state index in [0.29, 0.717) is 17.1 Å². The number of halogens is 1. The third kappa shape index (κ3) is 2.53. The van der Waals surface area contributed by atoms with Gasteiger partial charge >= 0.3 is 0 Å². The minimum Gasteiger partial charge on any atom is -0.350 e. The van der Waals surface area contributed by atoms with E-state index >= 15 is 0 Å². The Balaban J connectivity index is 1.81. The second-order valence-electron chi connectivity index (χ2n) is 4.96. The molecule has 20 heavy (non-hydrogen) atoms. The first-order valence-corrected chi connectivity index (χ1v) is 8.43. The molecule has 1 aliphatic rings. The SMILES string of the molecule is O=C(NC1CCS(=O)(=O)C1)c1cc2c(Cl)cccc2[nH]1. The minimum absolute atomic E-state index is 0.0136. The lowest BCUT2D eigenvalue weighted by Gasteiger charge is -2.09. The van der Waals surface area contributed by atoms with Crippen molar-refractivity contribution >= 4 is 38.2 Å². The monoisotopic (exact) mass is 312 g/mol. The van der Waals surface area contributed by atoms with Gasteiger partial charge < -0.3 is 10.3 Å². The van der Waals surface area contributed by atoms with E-state index < -0.39 is 9.84 Å². The predicted molar refractivity (Wildman–Crippen MR) is 77.8 cm³/mol. The molecule has 3 rings (SSSR count). The van der Waals surface area contributed by atoms with E-state index in [4.69, 9.17) is 11.6 Å². The van der Waals surface area contributed by atoms with Crippen molar-refractivity contribution in [3.8, 4) is 0 Å². The molecule has 1 unspecified atom stereocenters. The van der Waals surface area contributed by atoms with Crippen LogP contribution in [0.15, 0.2) is 24.3 Å². The van der Waals surface area contributed by atoms with Crippen molar-refractivity contribution in [3.05, 3.63) is 35.0 Å². The van der Waals surface area contributed by atoms with Gasteiger partial charge in [-0.15, -0.1) is 0 Å². The third-order valence-electron chi connectivity index (χ3n) is 3.42. The summed E-state index contributed by atoms with van der Waals surface area (Å²) in [6.45, 7) is 0. The summed E-state index contributed by atoms with van der Waals surface area (Å²) in [6, 6.07) is 6.75. The number of hydrogen-bond acceptors (Lipinski definition) is 3. The highest BCUT2D eigenvalue weighted by molar-refractivity contribution is 7.91. The molecular weight excluding hydrogens is 300 g/mol. The van der Waals surface area contributed by atoms with Gasteiger partial charge in [0.05, 0.1) is 11.5 Å². The highest BCUT2D eigenvalue weighted by atomic mass is 35.5. The number of carbonyl (C=O) groups excluding carboxylic acids is 1. The summed E-state index contributed by atoms with van der Waals surface area (Å²) in [7, 11) is -3.00. The van der Waals surface area contributed by atoms with Gasteiger partial charge in [0.15, 0.2) is 9.84 Å². The van der Waals surface area contributed by atoms with Crippen LogP contribution >= 0.6 is 11.6 Å². The number of rotatable bonds is 2. The van der Waals surface area contributed by atoms with Crippen molar-refractivity contribution < 1.29 is 13.2 Å². The predicted octanol–water partition coefficient (Wildman–Crippen LogP) is 1.74. The third-order valence-corrected chi connectivity index (χ3v) is 5.52. The molecule has 0 aliphatic carbocycles. The molecule has 7 heteroatoms. The number of aromatic amines is 1. The molecular formula is C13H13ClN2O3S. The minimum atomic E-state index is -3.00. The Labute approximate surface area is 121 Å². The molecule has 1 aromatic heterocycles. The number of nitrogens with one attached hydrogen (secondary N) is 2. The van der Waals surface area contributed by atoms with Gasteiger partial charge in [-0.3, -0.25) is 4.79 Å². The fraction of sp³-hybridized carbons (Fsp3) is 0.308. The van der Waals surface area contributed by atoms with E-state index in [0.717, 1.165) is 10.9 Å². The Bertz CT molecular complexity index is 782. The van der Waals surface area contributed by atoms with Gasteiger partial charge in [-0.25, -0.2) is 8.42 Å². The molecule has 1 amide bonds. The van der Waals surface area contributed by atoms with Crippen LogP contribution in [0.2, 0.25) is 5.02 Å². The quantitative estimate of drug-likeness (QED) is 0.886. The molecule has 1 aromatic carbocycles. The Hall–Kier alpha value is -1.53. The molecule has 0 spiro atoms. The van der Waals surface area contributed by atoms with Crippen molar-refractivity contribution in [1.82, 2.24) is 10.3 Å². The molecule has 5 nitrogen and oxygen atoms in total. The van der Waals surface area contributed by atoms with E-state index in [1.165, 1.54) is 0 Å². The summed E-state index contributed by atoms with van der Waals surface area (Å²) in [5, 5.41) is 4.09. The number of fused-ring (bicyclic) bond motifs is 1. The number of benzene rings is 1. The van der Waals surface area contributed by atoms with E-state index in [9.17, 15) is 13.2 Å². The molecule has 2 aromatic rings. The van der Waals surface area contributed by atoms with Crippen molar-refractivity contribution in [2.24, 2.45) is 0 Å². The maximum Gasteiger partial charge on any atom is 0.267 e. The number of sulfone groups is 1. The normalized spacial score (nSPS) is 21.1. The second kappa shape index (κ2) is 4.79. The van der Waals surface area contributed by atoms with Crippen LogP contribution in [-0.4, -0.2) is 36.9 Å². The van der Waals surface area contributed by atoms with Crippen LogP contribution in [-0.2, 0) is 9.84 Å². The second-order valence-corrected chi connectivity index (χ2v) is 7.59. The standard InChI is InChI=1S/C13H13ClN2O3S/c14-10-2-1-3-11-9(10)6-12(16-11)13(17)15-8-4-5-20(18,19)7-8/h1-3,6,8,16H,4-5,7H2,(H,15,17). The van der Waals surface area contributed by atoms with Gasteiger partial charge in [0.25, 0.3) is 5.91 Å². The summed E-state index contributed by atoms with van der Waals surface area (Å²) >= 11 is 6.05. The van der Waals surface area contributed by atoms with Gasteiger partial charge in [-0.1, -0.05) is 17.7 Å². The first-order valence-electron chi connectivity index (χ1n) is 6.23. The molecule has 0 saturated carbocycles. The van der Waals surface area contributed by atoms with Gasteiger partial charge in [-0.2, -0.15) is 0 Å². The topological polar surface area (TPSA) is 79.0 Å². The molecule has 1 atom stereocenters. The molecule has 1 saturated heterocycles. The lowest BCUT2D eigenvalue weighted by atomic mass is 10.2. The lowest BCUT2D eigenvalue weighted by Crippen LogP contribution is -2.35. The van der Waals surface area contributed by atoms with E-state index in [1.807, 2.05) is 6.07 Å². The number of amides is 1. The number of aromatic nitrogens is 1. The number of H-pyrrole nitrogens is 1. The van der Waals surface area contributed by atoms with E-state index in [1.54, 1.807) is 18.2 Å². The largest absolute Gasteiger partial charge is 0.350 e. The van der Waals surface area contributed by atoms with Gasteiger partial charge in [0.2, 0.25) is 0 Å². The molecule has 1 aliphatic heterocycles. The zero-order chi connectivity index (χ0) is 14.3. The van der Waals surface area contributed by atoms with Crippen molar-refractivity contribution in [1.29, 1.82) is 0 Å². The van der Waals surface area contributed by atoms with Crippen LogP contribution in [0.25, 0.3) is 10.9 Å². The average molecular weight is 313 g/mol. The number of carbonyl (C=O) groups is 1. The van der Waals surface area contributed by atoms with Crippen LogP contribution in [0.5, 0.6) is 0 Å². The maximum atomic E-state index is 12.1. The average Bonchev–Trinajstić information content (AvgIpc) is 2.94. The van der Waals surface area contributed by atoms with Crippen molar-refractivity contribution in [2.45, 2.75) is 12.5 Å². The molecule has 0 radical (unpaired) electrons. The summed E-state index contributed by atoms with van der Waals surface area (Å²) in [4.78, 5) is 15.1. The summed E-state index contributed by atoms with van der Waals surface area (Å²) in [5.74, 6) is -0.157. The molecule has 1 fully saturated rings. The van der Waals surface area contributed by atoms with Gasteiger partial charge in [0.1, 0.15) is 5.69 Å². The van der Waals surface area contributed by atoms with Crippen LogP contribution in [0, 0.1) is 0 Å². The van der Waals surface area contributed by atoms with E-state index in [2.05, 4.69) is 10.3 Å². The first kappa shape index (κ1) is 13.5. The Kier molecular flexibility index (Phi) is 3.22. The Morgan fingerprint density at radius 2 is 2.20 bits per heavy atom. The highest BCUT2D eigenvalue weighted by Gasteiger charge is 2.29. The fourth-order valence-electron chi connectivity index (χ4n) is 2.41. The van der Waals surface area contributed by atoms with Crippen LogP contribution in [0.4, 0.5) is 0 Å². The van der Waals surface area contributed by atoms with Crippen molar-refractivity contribution in [2.75, 3.05) is 11.5 Å². The zero-order valence-corrected chi connectivity index (χ0v) is 12.1. The molecule has 106 valence electrons. The summed E-state index contributed by atoms with van der Waals surface area (Å²) in [6.07, 6.45) is 0.467. The van der Waals surface area contributed by atoms with E-state index in [-0.39, 0.29) is 23.5 Å². The first-order chi connectivity index (χ1) is 9.44. The maximum absolute atomic E-state index is 12.1. The summed E-state index contributed by atoms with van der Waals surface area (Å²) < 4.78 is 22.7. The van der Waals surface area contributed by atoms with Gasteiger partial charge in [-0.05, 0) is 24.6 Å². The van der Waals surface area contributed by atoms with Gasteiger partial charge in [0, 0.05) is 22.0 Å². The van der Waals surface area contributed by atoms with Crippen LogP contribution in [0.1, 0.15) is 16.9 Å². The molecule has 2 heterocycles. The summed E-state index contributed by atoms with van der Waals surface area (Å²) in [5.41, 5.74) is 1.17. The lowest BCUT2D eigenvalue weighted by molar-refractivity contribution is 0.0937.